The number of benzene rings is 1. The lowest BCUT2D eigenvalue weighted by Crippen LogP contribution is -2.37. The van der Waals surface area contributed by atoms with E-state index >= 15 is 0 Å². The Balaban J connectivity index is 1.41. The molecule has 1 amide bonds. The molecule has 5 rings (SSSR count). The van der Waals surface area contributed by atoms with Crippen LogP contribution in [0, 0.1) is 19.8 Å². The molecule has 0 aliphatic heterocycles. The minimum atomic E-state index is -1.36. The molecule has 0 unspecified atom stereocenters. The van der Waals surface area contributed by atoms with Crippen molar-refractivity contribution in [2.75, 3.05) is 6.61 Å². The highest BCUT2D eigenvalue weighted by atomic mass is 16.7. The second-order valence-corrected chi connectivity index (χ2v) is 9.65. The highest BCUT2D eigenvalue weighted by Crippen LogP contribution is 2.36. The third kappa shape index (κ3) is 4.57. The number of nitrogens with one attached hydrogen (secondary N) is 1. The van der Waals surface area contributed by atoms with E-state index in [1.165, 1.54) is 32.1 Å². The summed E-state index contributed by atoms with van der Waals surface area (Å²) in [6.45, 7) is 4.43. The summed E-state index contributed by atoms with van der Waals surface area (Å²) < 4.78 is 13.1. The Kier molecular flexibility index (Phi) is 6.36. The quantitative estimate of drug-likeness (QED) is 0.485. The zero-order valence-corrected chi connectivity index (χ0v) is 20.1. The van der Waals surface area contributed by atoms with Gasteiger partial charge in [0.15, 0.2) is 11.4 Å². The summed E-state index contributed by atoms with van der Waals surface area (Å²) in [6.07, 6.45) is 6.35. The number of carbonyl (C=O) groups excluding carboxylic acids is 1. The van der Waals surface area contributed by atoms with Gasteiger partial charge in [0.05, 0.1) is 18.3 Å². The van der Waals surface area contributed by atoms with Crippen LogP contribution in [0.1, 0.15) is 71.0 Å². The van der Waals surface area contributed by atoms with Crippen LogP contribution in [0.25, 0.3) is 5.65 Å². The van der Waals surface area contributed by atoms with E-state index in [2.05, 4.69) is 10.3 Å². The summed E-state index contributed by atoms with van der Waals surface area (Å²) in [4.78, 5) is 29.5. The molecule has 184 valence electrons. The van der Waals surface area contributed by atoms with Crippen molar-refractivity contribution in [1.82, 2.24) is 14.7 Å². The molecule has 2 heterocycles. The molecule has 0 radical (unpaired) electrons. The summed E-state index contributed by atoms with van der Waals surface area (Å²) in [6, 6.07) is 8.96. The lowest BCUT2D eigenvalue weighted by molar-refractivity contribution is 0.0382. The van der Waals surface area contributed by atoms with Crippen molar-refractivity contribution in [3.05, 3.63) is 64.6 Å². The lowest BCUT2D eigenvalue weighted by atomic mass is 9.90. The average Bonchev–Trinajstić information content (AvgIpc) is 3.36. The van der Waals surface area contributed by atoms with Crippen LogP contribution >= 0.6 is 0 Å². The molecule has 0 bridgehead atoms. The molecular weight excluding hydrogens is 446 g/mol. The Bertz CT molecular complexity index is 1260. The fraction of sp³-hybridized carbons (Fsp3) is 0.444. The van der Waals surface area contributed by atoms with Gasteiger partial charge in [-0.05, 0) is 61.4 Å². The standard InChI is InChI=1S/C27H31N3O5/c1-16-8-6-11-19-20(16)14-22(35-27(32)33)23(19)29-26(31)24-17(2)28-25-21(12-7-13-30(24)25)34-15-18-9-4-3-5-10-18/h6-8,11-13,18,22-23H,3-5,9-10,14-15H2,1-2H3,(H,29,31)(H,32,33)/t22-,23+/m1/s1. The van der Waals surface area contributed by atoms with E-state index in [0.29, 0.717) is 41.7 Å². The molecule has 2 N–H and O–H groups in total. The van der Waals surface area contributed by atoms with Gasteiger partial charge in [-0.2, -0.15) is 0 Å². The van der Waals surface area contributed by atoms with Gasteiger partial charge in [-0.25, -0.2) is 9.78 Å². The van der Waals surface area contributed by atoms with E-state index in [4.69, 9.17) is 9.47 Å². The molecule has 1 fully saturated rings. The van der Waals surface area contributed by atoms with Crippen LogP contribution in [0.2, 0.25) is 0 Å². The zero-order valence-electron chi connectivity index (χ0n) is 20.1. The SMILES string of the molecule is Cc1cccc2c1C[C@@H](OC(=O)O)[C@H]2NC(=O)c1c(C)nc2c(OCC3CCCCC3)cccn12. The van der Waals surface area contributed by atoms with Crippen molar-refractivity contribution in [3.63, 3.8) is 0 Å². The molecule has 1 saturated carbocycles. The van der Waals surface area contributed by atoms with Crippen LogP contribution in [-0.4, -0.2) is 39.3 Å². The maximum absolute atomic E-state index is 13.5. The Morgan fingerprint density at radius 1 is 1.14 bits per heavy atom. The Morgan fingerprint density at radius 3 is 2.71 bits per heavy atom. The van der Waals surface area contributed by atoms with Crippen LogP contribution < -0.4 is 10.1 Å². The number of pyridine rings is 1. The van der Waals surface area contributed by atoms with E-state index in [9.17, 15) is 14.7 Å². The molecule has 8 nitrogen and oxygen atoms in total. The van der Waals surface area contributed by atoms with Crippen molar-refractivity contribution in [1.29, 1.82) is 0 Å². The third-order valence-corrected chi connectivity index (χ3v) is 7.30. The maximum atomic E-state index is 13.5. The number of carboxylic acid groups (broad SMARTS) is 1. The smallest absolute Gasteiger partial charge is 0.489 e. The third-order valence-electron chi connectivity index (χ3n) is 7.30. The summed E-state index contributed by atoms with van der Waals surface area (Å²) >= 11 is 0. The van der Waals surface area contributed by atoms with E-state index < -0.39 is 18.3 Å². The number of rotatable bonds is 6. The first-order valence-electron chi connectivity index (χ1n) is 12.3. The number of ether oxygens (including phenoxy) is 2. The zero-order chi connectivity index (χ0) is 24.5. The fourth-order valence-corrected chi connectivity index (χ4v) is 5.54. The predicted octanol–water partition coefficient (Wildman–Crippen LogP) is 5.00. The monoisotopic (exact) mass is 477 g/mol. The number of aromatic nitrogens is 2. The number of carbonyl (C=O) groups is 2. The summed E-state index contributed by atoms with van der Waals surface area (Å²) in [5, 5.41) is 12.3. The predicted molar refractivity (Wildman–Crippen MR) is 130 cm³/mol. The lowest BCUT2D eigenvalue weighted by Gasteiger charge is -2.22. The van der Waals surface area contributed by atoms with Gasteiger partial charge in [0.25, 0.3) is 5.91 Å². The number of aryl methyl sites for hydroxylation is 2. The number of nitrogens with zero attached hydrogens (tertiary/aromatic N) is 2. The largest absolute Gasteiger partial charge is 0.506 e. The second-order valence-electron chi connectivity index (χ2n) is 9.65. The van der Waals surface area contributed by atoms with Crippen molar-refractivity contribution in [3.8, 4) is 5.75 Å². The number of hydrogen-bond donors (Lipinski definition) is 2. The molecule has 0 spiro atoms. The van der Waals surface area contributed by atoms with Gasteiger partial charge in [0.1, 0.15) is 11.8 Å². The fourth-order valence-electron chi connectivity index (χ4n) is 5.54. The van der Waals surface area contributed by atoms with Crippen LogP contribution in [0.3, 0.4) is 0 Å². The molecule has 1 aromatic carbocycles. The minimum absolute atomic E-state index is 0.335. The van der Waals surface area contributed by atoms with Gasteiger partial charge < -0.3 is 19.9 Å². The van der Waals surface area contributed by atoms with Crippen LogP contribution in [0.4, 0.5) is 4.79 Å². The normalized spacial score (nSPS) is 19.9. The highest BCUT2D eigenvalue weighted by Gasteiger charge is 2.38. The number of imidazole rings is 1. The van der Waals surface area contributed by atoms with Crippen LogP contribution in [0.5, 0.6) is 5.75 Å². The van der Waals surface area contributed by atoms with Gasteiger partial charge in [-0.1, -0.05) is 37.5 Å². The van der Waals surface area contributed by atoms with Gasteiger partial charge >= 0.3 is 6.16 Å². The summed E-state index contributed by atoms with van der Waals surface area (Å²) in [7, 11) is 0. The second kappa shape index (κ2) is 9.60. The molecule has 0 saturated heterocycles. The molecule has 2 aliphatic rings. The molecule has 3 aromatic rings. The molecule has 35 heavy (non-hydrogen) atoms. The van der Waals surface area contributed by atoms with Gasteiger partial charge in [-0.3, -0.25) is 9.20 Å². The summed E-state index contributed by atoms with van der Waals surface area (Å²) in [5.74, 6) is 0.881. The van der Waals surface area contributed by atoms with Crippen LogP contribution in [-0.2, 0) is 11.2 Å². The molecule has 2 aromatic heterocycles. The van der Waals surface area contributed by atoms with E-state index in [1.807, 2.05) is 37.3 Å². The topological polar surface area (TPSA) is 102 Å². The number of amides is 1. The number of fused-ring (bicyclic) bond motifs is 2. The Morgan fingerprint density at radius 2 is 1.94 bits per heavy atom. The number of hydrogen-bond acceptors (Lipinski definition) is 5. The van der Waals surface area contributed by atoms with Gasteiger partial charge in [0.2, 0.25) is 0 Å². The first kappa shape index (κ1) is 23.2. The first-order valence-corrected chi connectivity index (χ1v) is 12.3. The molecule has 2 aliphatic carbocycles. The van der Waals surface area contributed by atoms with Crippen molar-refractivity contribution >= 4 is 17.7 Å². The van der Waals surface area contributed by atoms with Gasteiger partial charge in [0, 0.05) is 12.6 Å². The minimum Gasteiger partial charge on any atom is -0.489 e. The van der Waals surface area contributed by atoms with E-state index in [-0.39, 0.29) is 5.91 Å². The molecule has 8 heteroatoms. The van der Waals surface area contributed by atoms with Gasteiger partial charge in [-0.15, -0.1) is 0 Å². The highest BCUT2D eigenvalue weighted by molar-refractivity contribution is 5.95. The van der Waals surface area contributed by atoms with E-state index in [1.54, 1.807) is 17.5 Å². The van der Waals surface area contributed by atoms with Crippen molar-refractivity contribution in [2.24, 2.45) is 5.92 Å². The van der Waals surface area contributed by atoms with Crippen LogP contribution in [0.15, 0.2) is 36.5 Å². The average molecular weight is 478 g/mol. The van der Waals surface area contributed by atoms with E-state index in [0.717, 1.165) is 16.7 Å². The summed E-state index contributed by atoms with van der Waals surface area (Å²) in [5.41, 5.74) is 4.52. The molecular formula is C27H31N3O5. The first-order chi connectivity index (χ1) is 16.9. The van der Waals surface area contributed by atoms with Crippen molar-refractivity contribution in [2.45, 2.75) is 64.5 Å². The maximum Gasteiger partial charge on any atom is 0.506 e. The Hall–Kier alpha value is -3.55. The molecule has 2 atom stereocenters. The Labute approximate surface area is 204 Å². The van der Waals surface area contributed by atoms with Crippen molar-refractivity contribution < 1.29 is 24.2 Å².